The average molecular weight is 169 g/mol. The molecule has 0 saturated carbocycles. The van der Waals surface area contributed by atoms with E-state index in [0.717, 1.165) is 0 Å². The number of nitrogens with zero attached hydrogens (tertiary/aromatic N) is 2. The Hall–Kier alpha value is -1.27. The van der Waals surface area contributed by atoms with Gasteiger partial charge in [0.05, 0.1) is 5.28 Å². The highest BCUT2D eigenvalue weighted by Gasteiger charge is 2.31. The monoisotopic (exact) mass is 169 g/mol. The van der Waals surface area contributed by atoms with Gasteiger partial charge in [-0.15, -0.1) is 13.2 Å². The van der Waals surface area contributed by atoms with E-state index in [4.69, 9.17) is 0 Å². The van der Waals surface area contributed by atoms with E-state index in [0.29, 0.717) is 5.70 Å². The Balaban J connectivity index is 3.53. The maximum Gasteiger partial charge on any atom is 0.594 e. The van der Waals surface area contributed by atoms with Gasteiger partial charge in [-0.1, -0.05) is 6.58 Å². The molecule has 4 nitrogen and oxygen atoms in total. The molecule has 0 unspecified atom stereocenters. The Morgan fingerprint density at radius 1 is 1.55 bits per heavy atom. The molecule has 11 heavy (non-hydrogen) atoms. The second-order valence-corrected chi connectivity index (χ2v) is 1.61. The Bertz CT molecular complexity index is 164. The molecule has 0 spiro atoms. The second kappa shape index (κ2) is 3.79. The fourth-order valence-corrected chi connectivity index (χ4v) is 0.172. The first kappa shape index (κ1) is 9.73. The van der Waals surface area contributed by atoms with Gasteiger partial charge in [0.1, 0.15) is 0 Å². The van der Waals surface area contributed by atoms with Crippen LogP contribution in [0.15, 0.2) is 22.8 Å². The number of halogens is 3. The lowest BCUT2D eigenvalue weighted by atomic mass is 10.6. The molecule has 1 N–H and O–H groups in total. The van der Waals surface area contributed by atoms with Crippen LogP contribution in [0, 0.1) is 0 Å². The molecule has 0 rings (SSSR count). The van der Waals surface area contributed by atoms with Crippen LogP contribution >= 0.6 is 0 Å². The third kappa shape index (κ3) is 8.73. The molecule has 0 aromatic carbocycles. The first-order valence-corrected chi connectivity index (χ1v) is 2.48. The van der Waals surface area contributed by atoms with E-state index in [1.807, 2.05) is 0 Å². The number of allylic oxidation sites excluding steroid dienone is 1. The molecule has 0 amide bonds. The summed E-state index contributed by atoms with van der Waals surface area (Å²) in [5.74, 6) is 0. The third-order valence-corrected chi connectivity index (χ3v) is 0.426. The topological polar surface area (TPSA) is 46.0 Å². The summed E-state index contributed by atoms with van der Waals surface area (Å²) in [5.41, 5.74) is 2.42. The summed E-state index contributed by atoms with van der Waals surface area (Å²) < 4.78 is 33.5. The molecule has 0 radical (unpaired) electrons. The molecule has 7 heteroatoms. The van der Waals surface area contributed by atoms with Gasteiger partial charge in [-0.3, -0.25) is 10.3 Å². The van der Waals surface area contributed by atoms with Crippen LogP contribution in [0.4, 0.5) is 13.2 Å². The van der Waals surface area contributed by atoms with Crippen LogP contribution in [0.5, 0.6) is 0 Å². The van der Waals surface area contributed by atoms with Gasteiger partial charge in [0.2, 0.25) is 0 Å². The molecule has 0 bridgehead atoms. The van der Waals surface area contributed by atoms with Crippen molar-refractivity contribution in [1.29, 1.82) is 0 Å². The van der Waals surface area contributed by atoms with Crippen molar-refractivity contribution in [3.05, 3.63) is 12.3 Å². The predicted molar refractivity (Wildman–Crippen MR) is 29.9 cm³/mol. The molecular formula is C4H6F3N3O. The Morgan fingerprint density at radius 3 is 2.45 bits per heavy atom. The normalized spacial score (nSPS) is 11.6. The van der Waals surface area contributed by atoms with Gasteiger partial charge in [-0.2, -0.15) is 0 Å². The van der Waals surface area contributed by atoms with Crippen molar-refractivity contribution >= 4 is 0 Å². The lowest BCUT2D eigenvalue weighted by Crippen LogP contribution is -2.09. The molecular weight excluding hydrogens is 163 g/mol. The van der Waals surface area contributed by atoms with Crippen molar-refractivity contribution in [3.8, 4) is 0 Å². The van der Waals surface area contributed by atoms with E-state index in [1.165, 1.54) is 6.92 Å². The van der Waals surface area contributed by atoms with Gasteiger partial charge in [0.25, 0.3) is 0 Å². The van der Waals surface area contributed by atoms with Gasteiger partial charge in [-0.05, 0) is 12.1 Å². The first-order valence-electron chi connectivity index (χ1n) is 2.48. The highest BCUT2D eigenvalue weighted by molar-refractivity contribution is 4.80. The maximum atomic E-state index is 11.2. The SMILES string of the molecule is C=C(C)N/N=N\OC(F)(F)F. The van der Waals surface area contributed by atoms with Crippen molar-refractivity contribution < 1.29 is 18.0 Å². The number of alkyl halides is 3. The molecule has 0 fully saturated rings. The van der Waals surface area contributed by atoms with Crippen LogP contribution in [0.1, 0.15) is 6.92 Å². The Morgan fingerprint density at radius 2 is 2.09 bits per heavy atom. The zero-order chi connectivity index (χ0) is 8.91. The smallest absolute Gasteiger partial charge is 0.274 e. The number of rotatable bonds is 3. The minimum absolute atomic E-state index is 0.361. The van der Waals surface area contributed by atoms with Crippen molar-refractivity contribution in [2.45, 2.75) is 13.3 Å². The standard InChI is InChI=1S/C4H6F3N3O/c1-3(2)8-9-10-11-4(5,6)7/h1H2,2H3,(H,8,10). The highest BCUT2D eigenvalue weighted by atomic mass is 19.4. The van der Waals surface area contributed by atoms with Gasteiger partial charge in [0.15, 0.2) is 0 Å². The lowest BCUT2D eigenvalue weighted by molar-refractivity contribution is -0.329. The quantitative estimate of drug-likeness (QED) is 0.518. The highest BCUT2D eigenvalue weighted by Crippen LogP contribution is 2.15. The summed E-state index contributed by atoms with van der Waals surface area (Å²) in [5, 5.41) is 5.10. The zero-order valence-corrected chi connectivity index (χ0v) is 5.64. The van der Waals surface area contributed by atoms with E-state index in [-0.39, 0.29) is 0 Å². The molecule has 64 valence electrons. The van der Waals surface area contributed by atoms with Gasteiger partial charge >= 0.3 is 6.36 Å². The molecule has 0 aromatic rings. The van der Waals surface area contributed by atoms with Crippen LogP contribution in [0.3, 0.4) is 0 Å². The molecule has 0 atom stereocenters. The number of hydrogen-bond acceptors (Lipinski definition) is 3. The van der Waals surface area contributed by atoms with Crippen LogP contribution in [-0.2, 0) is 4.84 Å². The number of hydrogen-bond donors (Lipinski definition) is 1. The summed E-state index contributed by atoms with van der Waals surface area (Å²) in [6.45, 7) is 4.79. The van der Waals surface area contributed by atoms with Crippen LogP contribution in [0.25, 0.3) is 0 Å². The molecule has 0 saturated heterocycles. The summed E-state index contributed by atoms with van der Waals surface area (Å²) in [6, 6.07) is 0. The maximum absolute atomic E-state index is 11.2. The summed E-state index contributed by atoms with van der Waals surface area (Å²) in [7, 11) is 0. The van der Waals surface area contributed by atoms with Gasteiger partial charge in [0, 0.05) is 5.70 Å². The van der Waals surface area contributed by atoms with E-state index < -0.39 is 6.36 Å². The fraction of sp³-hybridized carbons (Fsp3) is 0.500. The van der Waals surface area contributed by atoms with E-state index in [1.54, 1.807) is 0 Å². The summed E-state index contributed by atoms with van der Waals surface area (Å²) >= 11 is 0. The van der Waals surface area contributed by atoms with E-state index in [9.17, 15) is 13.2 Å². The second-order valence-electron chi connectivity index (χ2n) is 1.61. The number of nitrogens with one attached hydrogen (secondary N) is 1. The van der Waals surface area contributed by atoms with Crippen molar-refractivity contribution in [2.24, 2.45) is 10.5 Å². The molecule has 0 aliphatic rings. The predicted octanol–water partition coefficient (Wildman–Crippen LogP) is 1.93. The van der Waals surface area contributed by atoms with Crippen molar-refractivity contribution in [2.75, 3.05) is 0 Å². The van der Waals surface area contributed by atoms with Gasteiger partial charge < -0.3 is 0 Å². The first-order chi connectivity index (χ1) is 4.92. The Labute approximate surface area is 60.7 Å². The molecule has 0 aliphatic heterocycles. The largest absolute Gasteiger partial charge is 0.594 e. The average Bonchev–Trinajstić information content (AvgIpc) is 1.78. The van der Waals surface area contributed by atoms with Crippen molar-refractivity contribution in [3.63, 3.8) is 0 Å². The molecule has 0 heterocycles. The lowest BCUT2D eigenvalue weighted by Gasteiger charge is -1.99. The van der Waals surface area contributed by atoms with Crippen LogP contribution < -0.4 is 5.43 Å². The van der Waals surface area contributed by atoms with Crippen LogP contribution in [0.2, 0.25) is 0 Å². The third-order valence-electron chi connectivity index (χ3n) is 0.426. The minimum atomic E-state index is -4.79. The summed E-state index contributed by atoms with van der Waals surface area (Å²) in [4.78, 5) is 2.93. The fourth-order valence-electron chi connectivity index (χ4n) is 0.172. The molecule has 0 aliphatic carbocycles. The van der Waals surface area contributed by atoms with Gasteiger partial charge in [-0.25, -0.2) is 0 Å². The molecule has 0 aromatic heterocycles. The summed E-state index contributed by atoms with van der Waals surface area (Å²) in [6.07, 6.45) is -4.79. The minimum Gasteiger partial charge on any atom is -0.274 e. The van der Waals surface area contributed by atoms with Crippen molar-refractivity contribution in [1.82, 2.24) is 5.43 Å². The van der Waals surface area contributed by atoms with E-state index in [2.05, 4.69) is 27.3 Å². The van der Waals surface area contributed by atoms with Crippen LogP contribution in [-0.4, -0.2) is 6.36 Å². The Kier molecular flexibility index (Phi) is 3.35. The van der Waals surface area contributed by atoms with E-state index >= 15 is 0 Å². The zero-order valence-electron chi connectivity index (χ0n) is 5.64.